The highest BCUT2D eigenvalue weighted by Crippen LogP contribution is 2.28. The maximum atomic E-state index is 14.4. The van der Waals surface area contributed by atoms with Gasteiger partial charge in [-0.1, -0.05) is 54.1 Å². The van der Waals surface area contributed by atoms with Crippen molar-refractivity contribution in [2.45, 2.75) is 6.54 Å². The van der Waals surface area contributed by atoms with Crippen LogP contribution in [0.5, 0.6) is 0 Å². The Labute approximate surface area is 205 Å². The van der Waals surface area contributed by atoms with Gasteiger partial charge in [0.05, 0.1) is 5.69 Å². The van der Waals surface area contributed by atoms with E-state index in [1.165, 1.54) is 24.3 Å². The Bertz CT molecular complexity index is 1490. The Balaban J connectivity index is 1.57. The Morgan fingerprint density at radius 3 is 2.44 bits per heavy atom. The van der Waals surface area contributed by atoms with Crippen molar-refractivity contribution in [2.75, 3.05) is 4.90 Å². The number of hydrogen-bond donors (Lipinski definition) is 1. The van der Waals surface area contributed by atoms with Gasteiger partial charge < -0.3 is 4.57 Å². The Hall–Kier alpha value is -3.81. The van der Waals surface area contributed by atoms with Crippen molar-refractivity contribution in [3.63, 3.8) is 0 Å². The number of fused-ring (bicyclic) bond motifs is 1. The topological polar surface area (TPSA) is 54.3 Å². The van der Waals surface area contributed by atoms with E-state index in [0.717, 1.165) is 21.4 Å². The van der Waals surface area contributed by atoms with Gasteiger partial charge in [0.2, 0.25) is 0 Å². The quantitative estimate of drug-likeness (QED) is 0.240. The zero-order valence-electron chi connectivity index (χ0n) is 17.7. The van der Waals surface area contributed by atoms with Gasteiger partial charge in [0.1, 0.15) is 11.4 Å². The second-order valence-corrected chi connectivity index (χ2v) is 8.59. The van der Waals surface area contributed by atoms with E-state index in [-0.39, 0.29) is 16.4 Å². The summed E-state index contributed by atoms with van der Waals surface area (Å²) < 4.78 is 16.5. The number of para-hydroxylation sites is 2. The SMILES string of the molecule is O=C1NC(=S)N(c2ccccc2F)C(=O)C1=Cc1cn(Cc2ccc(Cl)cc2)c2ccccc12. The molecule has 1 saturated heterocycles. The van der Waals surface area contributed by atoms with Crippen molar-refractivity contribution in [1.82, 2.24) is 9.88 Å². The van der Waals surface area contributed by atoms with Crippen molar-refractivity contribution in [3.8, 4) is 0 Å². The van der Waals surface area contributed by atoms with E-state index < -0.39 is 17.6 Å². The number of nitrogens with zero attached hydrogens (tertiary/aromatic N) is 2. The number of rotatable bonds is 4. The summed E-state index contributed by atoms with van der Waals surface area (Å²) in [6.45, 7) is 0.576. The van der Waals surface area contributed by atoms with Crippen LogP contribution in [0.15, 0.2) is 84.6 Å². The number of amides is 2. The summed E-state index contributed by atoms with van der Waals surface area (Å²) in [4.78, 5) is 27.0. The third-order valence-electron chi connectivity index (χ3n) is 5.58. The predicted octanol–water partition coefficient (Wildman–Crippen LogP) is 5.31. The zero-order chi connectivity index (χ0) is 23.8. The first kappa shape index (κ1) is 22.0. The van der Waals surface area contributed by atoms with Crippen LogP contribution in [0.4, 0.5) is 10.1 Å². The Morgan fingerprint density at radius 1 is 0.971 bits per heavy atom. The highest BCUT2D eigenvalue weighted by atomic mass is 35.5. The second-order valence-electron chi connectivity index (χ2n) is 7.77. The molecule has 3 aromatic carbocycles. The highest BCUT2D eigenvalue weighted by Gasteiger charge is 2.35. The molecule has 0 bridgehead atoms. The molecule has 5 nitrogen and oxygen atoms in total. The van der Waals surface area contributed by atoms with Crippen LogP contribution in [0.25, 0.3) is 17.0 Å². The summed E-state index contributed by atoms with van der Waals surface area (Å²) in [5, 5.41) is 3.86. The second kappa shape index (κ2) is 8.85. The van der Waals surface area contributed by atoms with Gasteiger partial charge in [-0.2, -0.15) is 0 Å². The third-order valence-corrected chi connectivity index (χ3v) is 6.12. The van der Waals surface area contributed by atoms with Crippen LogP contribution in [0.1, 0.15) is 11.1 Å². The van der Waals surface area contributed by atoms with Crippen LogP contribution in [0, 0.1) is 5.82 Å². The van der Waals surface area contributed by atoms with Crippen molar-refractivity contribution in [3.05, 3.63) is 107 Å². The molecule has 4 aromatic rings. The molecule has 1 N–H and O–H groups in total. The van der Waals surface area contributed by atoms with Gasteiger partial charge in [0, 0.05) is 34.2 Å². The van der Waals surface area contributed by atoms with Crippen LogP contribution >= 0.6 is 23.8 Å². The van der Waals surface area contributed by atoms with Gasteiger partial charge in [-0.3, -0.25) is 14.9 Å². The molecular formula is C26H17ClFN3O2S. The van der Waals surface area contributed by atoms with Crippen molar-refractivity contribution in [1.29, 1.82) is 0 Å². The van der Waals surface area contributed by atoms with E-state index in [2.05, 4.69) is 5.32 Å². The van der Waals surface area contributed by atoms with E-state index in [9.17, 15) is 14.0 Å². The first-order valence-electron chi connectivity index (χ1n) is 10.4. The number of carbonyl (C=O) groups excluding carboxylic acids is 2. The lowest BCUT2D eigenvalue weighted by molar-refractivity contribution is -0.122. The maximum Gasteiger partial charge on any atom is 0.270 e. The van der Waals surface area contributed by atoms with Gasteiger partial charge in [0.15, 0.2) is 5.11 Å². The Kier molecular flexibility index (Phi) is 5.73. The van der Waals surface area contributed by atoms with Crippen molar-refractivity contribution >= 4 is 63.4 Å². The Morgan fingerprint density at radius 2 is 1.68 bits per heavy atom. The number of aromatic nitrogens is 1. The molecule has 168 valence electrons. The molecule has 2 amide bonds. The molecule has 0 spiro atoms. The number of nitrogens with one attached hydrogen (secondary N) is 1. The smallest absolute Gasteiger partial charge is 0.270 e. The lowest BCUT2D eigenvalue weighted by Gasteiger charge is -2.29. The van der Waals surface area contributed by atoms with Crippen LogP contribution < -0.4 is 10.2 Å². The average molecular weight is 490 g/mol. The summed E-state index contributed by atoms with van der Waals surface area (Å²) in [5.74, 6) is -1.93. The number of halogens is 2. The first-order chi connectivity index (χ1) is 16.4. The molecule has 1 fully saturated rings. The molecular weight excluding hydrogens is 473 g/mol. The van der Waals surface area contributed by atoms with Gasteiger partial charge in [-0.05, 0) is 54.2 Å². The maximum absolute atomic E-state index is 14.4. The number of anilines is 1. The molecule has 0 aliphatic carbocycles. The monoisotopic (exact) mass is 489 g/mol. The minimum atomic E-state index is -0.687. The summed E-state index contributed by atoms with van der Waals surface area (Å²) in [5.41, 5.74) is 2.52. The van der Waals surface area contributed by atoms with Crippen molar-refractivity contribution in [2.24, 2.45) is 0 Å². The van der Waals surface area contributed by atoms with E-state index in [4.69, 9.17) is 23.8 Å². The minimum absolute atomic E-state index is 0.0198. The fourth-order valence-electron chi connectivity index (χ4n) is 3.97. The zero-order valence-corrected chi connectivity index (χ0v) is 19.2. The van der Waals surface area contributed by atoms with Gasteiger partial charge in [0.25, 0.3) is 11.8 Å². The van der Waals surface area contributed by atoms with E-state index in [1.54, 1.807) is 6.07 Å². The standard InChI is InChI=1S/C26H17ClFN3O2S/c27-18-11-9-16(10-12-18)14-30-15-17(19-5-1-3-7-22(19)30)13-20-24(32)29-26(34)31(25(20)33)23-8-4-2-6-21(23)28/h1-13,15H,14H2,(H,29,32,34). The molecule has 8 heteroatoms. The number of thiocarbonyl (C=S) groups is 1. The van der Waals surface area contributed by atoms with Gasteiger partial charge >= 0.3 is 0 Å². The molecule has 1 aromatic heterocycles. The minimum Gasteiger partial charge on any atom is -0.342 e. The number of hydrogen-bond acceptors (Lipinski definition) is 3. The predicted molar refractivity (Wildman–Crippen MR) is 135 cm³/mol. The molecule has 0 atom stereocenters. The summed E-state index contributed by atoms with van der Waals surface area (Å²) >= 11 is 11.2. The van der Waals surface area contributed by atoms with Gasteiger partial charge in [-0.15, -0.1) is 0 Å². The fraction of sp³-hybridized carbons (Fsp3) is 0.0385. The summed E-state index contributed by atoms with van der Waals surface area (Å²) in [7, 11) is 0. The normalized spacial score (nSPS) is 15.3. The molecule has 1 aliphatic rings. The lowest BCUT2D eigenvalue weighted by atomic mass is 10.1. The van der Waals surface area contributed by atoms with Crippen LogP contribution in [0.2, 0.25) is 5.02 Å². The van der Waals surface area contributed by atoms with E-state index in [1.807, 2.05) is 59.3 Å². The molecule has 0 saturated carbocycles. The molecule has 0 unspecified atom stereocenters. The average Bonchev–Trinajstić information content (AvgIpc) is 3.16. The largest absolute Gasteiger partial charge is 0.342 e. The molecule has 2 heterocycles. The third kappa shape index (κ3) is 4.00. The number of carbonyl (C=O) groups is 2. The van der Waals surface area contributed by atoms with Crippen LogP contribution in [0.3, 0.4) is 0 Å². The van der Waals surface area contributed by atoms with Crippen LogP contribution in [-0.4, -0.2) is 21.5 Å². The first-order valence-corrected chi connectivity index (χ1v) is 11.2. The van der Waals surface area contributed by atoms with E-state index in [0.29, 0.717) is 17.1 Å². The lowest BCUT2D eigenvalue weighted by Crippen LogP contribution is -2.54. The molecule has 0 radical (unpaired) electrons. The molecule has 34 heavy (non-hydrogen) atoms. The molecule has 1 aliphatic heterocycles. The number of benzene rings is 3. The fourth-order valence-corrected chi connectivity index (χ4v) is 4.37. The molecule has 5 rings (SSSR count). The highest BCUT2D eigenvalue weighted by molar-refractivity contribution is 7.80. The van der Waals surface area contributed by atoms with E-state index >= 15 is 0 Å². The van der Waals surface area contributed by atoms with Crippen molar-refractivity contribution < 1.29 is 14.0 Å². The summed E-state index contributed by atoms with van der Waals surface area (Å²) in [6, 6.07) is 21.0. The summed E-state index contributed by atoms with van der Waals surface area (Å²) in [6.07, 6.45) is 3.40. The van der Waals surface area contributed by atoms with Gasteiger partial charge in [-0.25, -0.2) is 9.29 Å². The van der Waals surface area contributed by atoms with Crippen LogP contribution in [-0.2, 0) is 16.1 Å².